The maximum atomic E-state index is 10.1. The lowest BCUT2D eigenvalue weighted by Gasteiger charge is -2.16. The van der Waals surface area contributed by atoms with Crippen molar-refractivity contribution in [2.24, 2.45) is 0 Å². The van der Waals surface area contributed by atoms with Crippen LogP contribution in [0.3, 0.4) is 0 Å². The van der Waals surface area contributed by atoms with Gasteiger partial charge in [-0.05, 0) is 12.8 Å². The second-order valence-corrected chi connectivity index (χ2v) is 4.62. The molecule has 1 unspecified atom stereocenters. The smallest absolute Gasteiger partial charge is 0.294 e. The van der Waals surface area contributed by atoms with E-state index in [4.69, 9.17) is 0 Å². The molecule has 0 saturated heterocycles. The molecule has 12 heavy (non-hydrogen) atoms. The van der Waals surface area contributed by atoms with Crippen molar-refractivity contribution in [2.75, 3.05) is 0 Å². The fourth-order valence-electron chi connectivity index (χ4n) is 1.46. The van der Waals surface area contributed by atoms with Crippen LogP contribution in [0.4, 0.5) is 0 Å². The topological polar surface area (TPSA) is 52.4 Å². The SMILES string of the molecule is O=[N+]([O-])OC1CCCCC[C@@H]1I. The Labute approximate surface area is 84.9 Å². The van der Waals surface area contributed by atoms with Crippen LogP contribution in [0, 0.1) is 10.1 Å². The number of rotatable bonds is 2. The summed E-state index contributed by atoms with van der Waals surface area (Å²) in [5, 5.41) is 9.44. The highest BCUT2D eigenvalue weighted by Crippen LogP contribution is 2.26. The summed E-state index contributed by atoms with van der Waals surface area (Å²) in [7, 11) is 0. The molecule has 4 nitrogen and oxygen atoms in total. The van der Waals surface area contributed by atoms with Gasteiger partial charge in [-0.25, -0.2) is 0 Å². The van der Waals surface area contributed by atoms with Crippen molar-refractivity contribution in [1.29, 1.82) is 0 Å². The standard InChI is InChI=1S/C7H12INO3/c8-6-4-2-1-3-5-7(6)12-9(10)11/h6-7H,1-5H2/t6-,7?/m0/s1. The first-order valence-electron chi connectivity index (χ1n) is 4.15. The first kappa shape index (κ1) is 10.0. The Hall–Kier alpha value is -0.0700. The molecule has 0 heterocycles. The van der Waals surface area contributed by atoms with E-state index in [0.717, 1.165) is 19.3 Å². The minimum Gasteiger partial charge on any atom is -0.309 e. The second-order valence-electron chi connectivity index (χ2n) is 3.02. The molecular formula is C7H12INO3. The Kier molecular flexibility index (Phi) is 4.03. The summed E-state index contributed by atoms with van der Waals surface area (Å²) >= 11 is 2.25. The Bertz CT molecular complexity index is 165. The summed E-state index contributed by atoms with van der Waals surface area (Å²) < 4.78 is 0.301. The highest BCUT2D eigenvalue weighted by Gasteiger charge is 2.24. The van der Waals surface area contributed by atoms with Gasteiger partial charge in [-0.3, -0.25) is 0 Å². The summed E-state index contributed by atoms with van der Waals surface area (Å²) in [4.78, 5) is 14.7. The van der Waals surface area contributed by atoms with Crippen molar-refractivity contribution in [3.05, 3.63) is 10.1 Å². The van der Waals surface area contributed by atoms with Gasteiger partial charge in [0.2, 0.25) is 0 Å². The van der Waals surface area contributed by atoms with Gasteiger partial charge in [0.15, 0.2) is 0 Å². The van der Waals surface area contributed by atoms with Gasteiger partial charge in [-0.15, -0.1) is 10.1 Å². The Balaban J connectivity index is 2.41. The summed E-state index contributed by atoms with van der Waals surface area (Å²) in [5.41, 5.74) is 0. The minimum atomic E-state index is -0.665. The highest BCUT2D eigenvalue weighted by atomic mass is 127. The van der Waals surface area contributed by atoms with E-state index in [1.54, 1.807) is 0 Å². The Morgan fingerprint density at radius 3 is 2.67 bits per heavy atom. The van der Waals surface area contributed by atoms with Gasteiger partial charge in [0.25, 0.3) is 5.09 Å². The van der Waals surface area contributed by atoms with E-state index in [1.165, 1.54) is 12.8 Å². The quantitative estimate of drug-likeness (QED) is 0.257. The van der Waals surface area contributed by atoms with E-state index >= 15 is 0 Å². The summed E-state index contributed by atoms with van der Waals surface area (Å²) in [5.74, 6) is 0. The Morgan fingerprint density at radius 2 is 2.00 bits per heavy atom. The molecule has 70 valence electrons. The third-order valence-electron chi connectivity index (χ3n) is 2.09. The van der Waals surface area contributed by atoms with Gasteiger partial charge in [-0.1, -0.05) is 41.9 Å². The number of hydrogen-bond acceptors (Lipinski definition) is 3. The zero-order valence-corrected chi connectivity index (χ0v) is 8.90. The molecule has 0 amide bonds. The minimum absolute atomic E-state index is 0.178. The van der Waals surface area contributed by atoms with Crippen molar-refractivity contribution in [1.82, 2.24) is 0 Å². The molecule has 0 bridgehead atoms. The molecule has 0 aliphatic heterocycles. The van der Waals surface area contributed by atoms with Crippen LogP contribution in [-0.4, -0.2) is 15.1 Å². The molecule has 0 aromatic rings. The largest absolute Gasteiger partial charge is 0.309 e. The zero-order valence-electron chi connectivity index (χ0n) is 6.74. The second kappa shape index (κ2) is 4.84. The summed E-state index contributed by atoms with van der Waals surface area (Å²) in [6.07, 6.45) is 5.09. The molecule has 1 saturated carbocycles. The van der Waals surface area contributed by atoms with Gasteiger partial charge in [0.05, 0.1) is 0 Å². The number of alkyl halides is 1. The van der Waals surface area contributed by atoms with Crippen molar-refractivity contribution in [2.45, 2.75) is 42.1 Å². The predicted octanol–water partition coefficient (Wildman–Crippen LogP) is 2.33. The van der Waals surface area contributed by atoms with Gasteiger partial charge < -0.3 is 4.84 Å². The molecule has 0 aromatic heterocycles. The lowest BCUT2D eigenvalue weighted by molar-refractivity contribution is -0.768. The first-order chi connectivity index (χ1) is 5.70. The van der Waals surface area contributed by atoms with Crippen molar-refractivity contribution in [3.63, 3.8) is 0 Å². The van der Waals surface area contributed by atoms with Crippen LogP contribution in [0.5, 0.6) is 0 Å². The molecule has 0 radical (unpaired) electrons. The molecule has 0 N–H and O–H groups in total. The van der Waals surface area contributed by atoms with E-state index in [2.05, 4.69) is 27.4 Å². The number of hydrogen-bond donors (Lipinski definition) is 0. The normalized spacial score (nSPS) is 30.8. The monoisotopic (exact) mass is 285 g/mol. The van der Waals surface area contributed by atoms with E-state index < -0.39 is 5.09 Å². The molecule has 5 heteroatoms. The zero-order chi connectivity index (χ0) is 8.97. The fraction of sp³-hybridized carbons (Fsp3) is 1.00. The Morgan fingerprint density at radius 1 is 1.33 bits per heavy atom. The lowest BCUT2D eigenvalue weighted by atomic mass is 10.2. The lowest BCUT2D eigenvalue weighted by Crippen LogP contribution is -2.25. The van der Waals surface area contributed by atoms with Gasteiger partial charge in [0.1, 0.15) is 6.10 Å². The van der Waals surface area contributed by atoms with Gasteiger partial charge >= 0.3 is 0 Å². The number of nitrogens with zero attached hydrogens (tertiary/aromatic N) is 1. The van der Waals surface area contributed by atoms with Crippen LogP contribution in [0.2, 0.25) is 0 Å². The average Bonchev–Trinajstić information content (AvgIpc) is 2.16. The van der Waals surface area contributed by atoms with Crippen molar-refractivity contribution < 1.29 is 9.92 Å². The highest BCUT2D eigenvalue weighted by molar-refractivity contribution is 14.1. The van der Waals surface area contributed by atoms with E-state index in [-0.39, 0.29) is 6.10 Å². The average molecular weight is 285 g/mol. The van der Waals surface area contributed by atoms with Crippen molar-refractivity contribution in [3.8, 4) is 0 Å². The van der Waals surface area contributed by atoms with Crippen molar-refractivity contribution >= 4 is 22.6 Å². The van der Waals surface area contributed by atoms with Crippen LogP contribution in [0.15, 0.2) is 0 Å². The molecular weight excluding hydrogens is 273 g/mol. The third kappa shape index (κ3) is 3.12. The van der Waals surface area contributed by atoms with Gasteiger partial charge in [-0.2, -0.15) is 0 Å². The van der Waals surface area contributed by atoms with E-state index in [1.807, 2.05) is 0 Å². The summed E-state index contributed by atoms with van der Waals surface area (Å²) in [6.45, 7) is 0. The molecule has 1 aliphatic rings. The van der Waals surface area contributed by atoms with E-state index in [0.29, 0.717) is 3.92 Å². The maximum absolute atomic E-state index is 10.1. The molecule has 0 spiro atoms. The number of halogens is 1. The van der Waals surface area contributed by atoms with Crippen LogP contribution in [-0.2, 0) is 4.84 Å². The molecule has 2 atom stereocenters. The molecule has 1 fully saturated rings. The van der Waals surface area contributed by atoms with E-state index in [9.17, 15) is 10.1 Å². The summed E-state index contributed by atoms with van der Waals surface area (Å²) in [6, 6.07) is 0. The maximum Gasteiger partial charge on any atom is 0.294 e. The molecule has 0 aromatic carbocycles. The first-order valence-corrected chi connectivity index (χ1v) is 5.40. The molecule has 1 aliphatic carbocycles. The third-order valence-corrected chi connectivity index (χ3v) is 3.52. The van der Waals surface area contributed by atoms with Crippen LogP contribution < -0.4 is 0 Å². The van der Waals surface area contributed by atoms with Crippen LogP contribution >= 0.6 is 22.6 Å². The fourth-order valence-corrected chi connectivity index (χ4v) is 2.39. The predicted molar refractivity (Wildman–Crippen MR) is 52.8 cm³/mol. The van der Waals surface area contributed by atoms with Crippen LogP contribution in [0.25, 0.3) is 0 Å². The van der Waals surface area contributed by atoms with Crippen LogP contribution in [0.1, 0.15) is 32.1 Å². The van der Waals surface area contributed by atoms with Gasteiger partial charge in [0, 0.05) is 3.92 Å². The molecule has 1 rings (SSSR count).